The molecule has 4 rings (SSSR count). The van der Waals surface area contributed by atoms with Crippen molar-refractivity contribution in [3.8, 4) is 0 Å². The molecule has 0 aromatic heterocycles. The van der Waals surface area contributed by atoms with Gasteiger partial charge in [0.1, 0.15) is 0 Å². The predicted molar refractivity (Wildman–Crippen MR) is 76.4 cm³/mol. The van der Waals surface area contributed by atoms with Gasteiger partial charge in [0.2, 0.25) is 0 Å². The molecule has 91 valence electrons. The molecule has 0 radical (unpaired) electrons. The van der Waals surface area contributed by atoms with E-state index in [4.69, 9.17) is 0 Å². The molecule has 2 aliphatic carbocycles. The van der Waals surface area contributed by atoms with Crippen LogP contribution in [-0.2, 0) is 19.8 Å². The summed E-state index contributed by atoms with van der Waals surface area (Å²) in [5.74, 6) is 0. The molecule has 0 heterocycles. The normalized spacial score (nSPS) is 22.3. The van der Waals surface area contributed by atoms with Gasteiger partial charge in [0.05, 0.1) is 0 Å². The summed E-state index contributed by atoms with van der Waals surface area (Å²) in [6.45, 7) is 0. The third-order valence-electron chi connectivity index (χ3n) is 3.87. The summed E-state index contributed by atoms with van der Waals surface area (Å²) in [6, 6.07) is 17.7. The van der Waals surface area contributed by atoms with Gasteiger partial charge in [-0.05, 0) is 0 Å². The van der Waals surface area contributed by atoms with Gasteiger partial charge in [-0.3, -0.25) is 0 Å². The Morgan fingerprint density at radius 3 is 1.63 bits per heavy atom. The summed E-state index contributed by atoms with van der Waals surface area (Å²) in [5, 5.41) is 0. The molecule has 19 heavy (non-hydrogen) atoms. The third kappa shape index (κ3) is 1.97. The summed E-state index contributed by atoms with van der Waals surface area (Å²) in [4.78, 5) is 0. The van der Waals surface area contributed by atoms with Crippen LogP contribution in [0.3, 0.4) is 0 Å². The molecular formula is C18H14Nb. The molecule has 2 aliphatic rings. The summed E-state index contributed by atoms with van der Waals surface area (Å²) in [5.41, 5.74) is 5.96. The Labute approximate surface area is 123 Å². The quantitative estimate of drug-likeness (QED) is 0.708. The van der Waals surface area contributed by atoms with Crippen molar-refractivity contribution in [2.75, 3.05) is 0 Å². The molecule has 0 fully saturated rings. The van der Waals surface area contributed by atoms with E-state index in [2.05, 4.69) is 72.8 Å². The first-order valence-corrected chi connectivity index (χ1v) is 9.20. The Balaban J connectivity index is 1.62. The van der Waals surface area contributed by atoms with E-state index in [1.54, 1.807) is 11.1 Å². The zero-order chi connectivity index (χ0) is 12.7. The number of benzene rings is 2. The summed E-state index contributed by atoms with van der Waals surface area (Å²) in [7, 11) is 0. The first kappa shape index (κ1) is 11.5. The predicted octanol–water partition coefficient (Wildman–Crippen LogP) is 4.61. The maximum atomic E-state index is 2.43. The van der Waals surface area contributed by atoms with Crippen LogP contribution >= 0.6 is 0 Å². The monoisotopic (exact) mass is 323 g/mol. The number of hydrogen-bond donors (Lipinski definition) is 0. The molecule has 0 N–H and O–H groups in total. The molecule has 1 heteroatoms. The molecule has 0 amide bonds. The fraction of sp³-hybridized carbons (Fsp3) is 0.111. The van der Waals surface area contributed by atoms with Gasteiger partial charge < -0.3 is 0 Å². The van der Waals surface area contributed by atoms with E-state index in [-0.39, 0.29) is 19.8 Å². The Kier molecular flexibility index (Phi) is 2.81. The maximum absolute atomic E-state index is 2.43. The van der Waals surface area contributed by atoms with Gasteiger partial charge in [-0.25, -0.2) is 0 Å². The molecule has 2 aromatic rings. The van der Waals surface area contributed by atoms with Crippen molar-refractivity contribution in [2.45, 2.75) is 8.27 Å². The van der Waals surface area contributed by atoms with Crippen molar-refractivity contribution in [1.29, 1.82) is 0 Å². The number of fused-ring (bicyclic) bond motifs is 2. The second kappa shape index (κ2) is 4.64. The van der Waals surface area contributed by atoms with Gasteiger partial charge in [0.25, 0.3) is 0 Å². The first-order chi connectivity index (χ1) is 9.42. The Hall–Kier alpha value is -1.34. The minimum atomic E-state index is -0.339. The van der Waals surface area contributed by atoms with Gasteiger partial charge in [-0.15, -0.1) is 0 Å². The molecule has 0 aliphatic heterocycles. The van der Waals surface area contributed by atoms with Gasteiger partial charge in [0, 0.05) is 0 Å². The van der Waals surface area contributed by atoms with Crippen molar-refractivity contribution >= 4 is 12.2 Å². The second-order valence-corrected chi connectivity index (χ2v) is 8.48. The molecule has 2 aromatic carbocycles. The molecule has 0 nitrogen and oxygen atoms in total. The molecule has 0 saturated heterocycles. The van der Waals surface area contributed by atoms with E-state index < -0.39 is 0 Å². The van der Waals surface area contributed by atoms with Crippen LogP contribution in [0, 0.1) is 0 Å². The summed E-state index contributed by atoms with van der Waals surface area (Å²) in [6.07, 6.45) is 9.47. The van der Waals surface area contributed by atoms with Crippen LogP contribution in [-0.4, -0.2) is 0 Å². The second-order valence-electron chi connectivity index (χ2n) is 5.01. The fourth-order valence-electron chi connectivity index (χ4n) is 2.89. The Morgan fingerprint density at radius 1 is 0.632 bits per heavy atom. The van der Waals surface area contributed by atoms with Gasteiger partial charge in [0.15, 0.2) is 0 Å². The van der Waals surface area contributed by atoms with Gasteiger partial charge in [-0.2, -0.15) is 0 Å². The van der Waals surface area contributed by atoms with E-state index in [1.165, 1.54) is 11.1 Å². The van der Waals surface area contributed by atoms with Crippen LogP contribution in [0.15, 0.2) is 60.7 Å². The fourth-order valence-corrected chi connectivity index (χ4v) is 6.60. The van der Waals surface area contributed by atoms with E-state index in [0.717, 1.165) is 0 Å². The summed E-state index contributed by atoms with van der Waals surface area (Å²) < 4.78 is 1.43. The van der Waals surface area contributed by atoms with Crippen LogP contribution in [0.2, 0.25) is 0 Å². The minimum absolute atomic E-state index is 0.339. The molecule has 0 saturated carbocycles. The molecule has 0 bridgehead atoms. The average molecular weight is 323 g/mol. The van der Waals surface area contributed by atoms with Crippen LogP contribution in [0.1, 0.15) is 30.5 Å². The van der Waals surface area contributed by atoms with Crippen LogP contribution in [0.5, 0.6) is 0 Å². The van der Waals surface area contributed by atoms with Crippen LogP contribution < -0.4 is 0 Å². The third-order valence-corrected chi connectivity index (χ3v) is 7.66. The summed E-state index contributed by atoms with van der Waals surface area (Å²) >= 11 is -0.339. The van der Waals surface area contributed by atoms with Crippen LogP contribution in [0.25, 0.3) is 12.2 Å². The van der Waals surface area contributed by atoms with Crippen molar-refractivity contribution in [3.63, 3.8) is 0 Å². The molecule has 0 spiro atoms. The number of rotatable bonds is 2. The zero-order valence-electron chi connectivity index (χ0n) is 10.5. The topological polar surface area (TPSA) is 0 Å². The average Bonchev–Trinajstić information content (AvgIpc) is 3.05. The zero-order valence-corrected chi connectivity index (χ0v) is 12.7. The first-order valence-electron chi connectivity index (χ1n) is 6.66. The molecule has 2 unspecified atom stereocenters. The van der Waals surface area contributed by atoms with Crippen LogP contribution in [0.4, 0.5) is 0 Å². The number of hydrogen-bond acceptors (Lipinski definition) is 0. The van der Waals surface area contributed by atoms with Gasteiger partial charge in [-0.1, -0.05) is 0 Å². The number of allylic oxidation sites excluding steroid dienone is 2. The van der Waals surface area contributed by atoms with Crippen molar-refractivity contribution in [3.05, 3.63) is 82.9 Å². The van der Waals surface area contributed by atoms with E-state index in [0.29, 0.717) is 8.27 Å². The Bertz CT molecular complexity index is 622. The van der Waals surface area contributed by atoms with Crippen molar-refractivity contribution in [2.24, 2.45) is 0 Å². The van der Waals surface area contributed by atoms with Crippen molar-refractivity contribution in [1.82, 2.24) is 0 Å². The van der Waals surface area contributed by atoms with E-state index in [9.17, 15) is 0 Å². The SMILES string of the molecule is C1=C[CH]([Nb][CH]2C=Cc3ccccc32)c2ccccc21. The van der Waals surface area contributed by atoms with Crippen molar-refractivity contribution < 1.29 is 19.8 Å². The standard InChI is InChI=1S/2C9H7.Nb/c2*1-2-5-9-7-3-6-8(9)4-1;/h2*1-7H;. The van der Waals surface area contributed by atoms with E-state index >= 15 is 0 Å². The van der Waals surface area contributed by atoms with E-state index in [1.807, 2.05) is 0 Å². The van der Waals surface area contributed by atoms with Gasteiger partial charge >= 0.3 is 123 Å². The Morgan fingerprint density at radius 2 is 1.11 bits per heavy atom. The molecular weight excluding hydrogens is 309 g/mol. The molecule has 2 atom stereocenters.